The van der Waals surface area contributed by atoms with Crippen LogP contribution in [0.3, 0.4) is 0 Å². The number of carbonyl (C=O) groups is 1. The summed E-state index contributed by atoms with van der Waals surface area (Å²) in [4.78, 5) is 20.3. The van der Waals surface area contributed by atoms with Crippen molar-refractivity contribution >= 4 is 22.9 Å². The van der Waals surface area contributed by atoms with E-state index < -0.39 is 0 Å². The first kappa shape index (κ1) is 16.9. The van der Waals surface area contributed by atoms with E-state index in [0.717, 1.165) is 40.7 Å². The van der Waals surface area contributed by atoms with Crippen LogP contribution in [0.2, 0.25) is 0 Å². The van der Waals surface area contributed by atoms with Crippen molar-refractivity contribution in [2.24, 2.45) is 0 Å². The van der Waals surface area contributed by atoms with Crippen LogP contribution in [0.15, 0.2) is 30.5 Å². The van der Waals surface area contributed by atoms with Gasteiger partial charge < -0.3 is 9.64 Å². The van der Waals surface area contributed by atoms with Gasteiger partial charge in [-0.3, -0.25) is 10.1 Å². The van der Waals surface area contributed by atoms with E-state index in [9.17, 15) is 4.79 Å². The molecule has 2 aromatic rings. The molecule has 2 atom stereocenters. The molecule has 1 aliphatic heterocycles. The molecule has 1 aromatic heterocycles. The molecule has 1 aliphatic rings. The highest BCUT2D eigenvalue weighted by Gasteiger charge is 2.32. The van der Waals surface area contributed by atoms with Crippen LogP contribution in [0.1, 0.15) is 35.7 Å². The van der Waals surface area contributed by atoms with Crippen LogP contribution >= 0.6 is 11.3 Å². The van der Waals surface area contributed by atoms with Gasteiger partial charge in [-0.15, -0.1) is 11.3 Å². The number of aromatic nitrogens is 1. The second-order valence-corrected chi connectivity index (χ2v) is 7.29. The highest BCUT2D eigenvalue weighted by Crippen LogP contribution is 2.31. The Bertz CT molecular complexity index is 716. The second-order valence-electron chi connectivity index (χ2n) is 6.03. The van der Waals surface area contributed by atoms with Crippen LogP contribution in [-0.4, -0.2) is 30.6 Å². The largest absolute Gasteiger partial charge is 0.495 e. The molecule has 0 saturated carbocycles. The van der Waals surface area contributed by atoms with Crippen molar-refractivity contribution in [2.45, 2.75) is 38.8 Å². The number of thiazole rings is 1. The van der Waals surface area contributed by atoms with E-state index in [-0.39, 0.29) is 18.0 Å². The number of anilines is 1. The summed E-state index contributed by atoms with van der Waals surface area (Å²) in [6, 6.07) is 7.62. The zero-order valence-corrected chi connectivity index (χ0v) is 15.1. The number of nitrogens with zero attached hydrogens (tertiary/aromatic N) is 2. The Morgan fingerprint density at radius 3 is 2.92 bits per heavy atom. The molecule has 1 fully saturated rings. The summed E-state index contributed by atoms with van der Waals surface area (Å²) in [5.41, 5.74) is 0.845. The fraction of sp³-hybridized carbons (Fsp3) is 0.444. The van der Waals surface area contributed by atoms with Crippen molar-refractivity contribution in [3.63, 3.8) is 0 Å². The monoisotopic (exact) mass is 345 g/mol. The topological polar surface area (TPSA) is 54.5 Å². The summed E-state index contributed by atoms with van der Waals surface area (Å²) in [5, 5.41) is 4.52. The van der Waals surface area contributed by atoms with E-state index in [1.54, 1.807) is 18.4 Å². The standard InChI is InChI=1S/C18H23N3O2S/c1-12(17-11-19-13(2)24-17)20-14-7-6-10-21(18(14)22)15-8-4-5-9-16(15)23-3/h4-5,8-9,11-12,14,20H,6-7,10H2,1-3H3/t12-,14-/m0/s1. The number of methoxy groups -OCH3 is 1. The number of hydrogen-bond donors (Lipinski definition) is 1. The van der Waals surface area contributed by atoms with Gasteiger partial charge in [0, 0.05) is 23.7 Å². The SMILES string of the molecule is COc1ccccc1N1CCC[C@H](N[C@@H](C)c2cnc(C)s2)C1=O. The molecule has 3 rings (SSSR count). The van der Waals surface area contributed by atoms with E-state index in [1.165, 1.54) is 0 Å². The van der Waals surface area contributed by atoms with Crippen molar-refractivity contribution in [1.82, 2.24) is 10.3 Å². The summed E-state index contributed by atoms with van der Waals surface area (Å²) in [6.45, 7) is 4.81. The van der Waals surface area contributed by atoms with Gasteiger partial charge in [0.15, 0.2) is 0 Å². The lowest BCUT2D eigenvalue weighted by Gasteiger charge is -2.34. The van der Waals surface area contributed by atoms with Crippen LogP contribution in [0, 0.1) is 6.92 Å². The molecule has 0 spiro atoms. The summed E-state index contributed by atoms with van der Waals surface area (Å²) in [5.74, 6) is 0.844. The minimum atomic E-state index is -0.180. The lowest BCUT2D eigenvalue weighted by atomic mass is 10.0. The number of benzene rings is 1. The summed E-state index contributed by atoms with van der Waals surface area (Å²) < 4.78 is 5.41. The number of carbonyl (C=O) groups excluding carboxylic acids is 1. The molecule has 0 bridgehead atoms. The average Bonchev–Trinajstić information content (AvgIpc) is 3.03. The summed E-state index contributed by atoms with van der Waals surface area (Å²) in [6.07, 6.45) is 3.71. The molecule has 0 radical (unpaired) electrons. The van der Waals surface area contributed by atoms with Crippen LogP contribution < -0.4 is 15.0 Å². The van der Waals surface area contributed by atoms with Gasteiger partial charge >= 0.3 is 0 Å². The zero-order valence-electron chi connectivity index (χ0n) is 14.3. The maximum absolute atomic E-state index is 13.0. The van der Waals surface area contributed by atoms with Crippen molar-refractivity contribution in [2.75, 3.05) is 18.6 Å². The van der Waals surface area contributed by atoms with Crippen molar-refractivity contribution in [3.05, 3.63) is 40.3 Å². The van der Waals surface area contributed by atoms with Crippen LogP contribution in [-0.2, 0) is 4.79 Å². The van der Waals surface area contributed by atoms with Gasteiger partial charge in [-0.05, 0) is 38.8 Å². The van der Waals surface area contributed by atoms with Gasteiger partial charge in [0.05, 0.1) is 23.8 Å². The third-order valence-corrected chi connectivity index (χ3v) is 5.43. The van der Waals surface area contributed by atoms with E-state index in [1.807, 2.05) is 42.3 Å². The quantitative estimate of drug-likeness (QED) is 0.903. The predicted octanol–water partition coefficient (Wildman–Crippen LogP) is 3.31. The number of amides is 1. The maximum atomic E-state index is 13.0. The Hall–Kier alpha value is -1.92. The normalized spacial score (nSPS) is 19.4. The third-order valence-electron chi connectivity index (χ3n) is 4.33. The Morgan fingerprint density at radius 1 is 1.42 bits per heavy atom. The van der Waals surface area contributed by atoms with E-state index in [0.29, 0.717) is 0 Å². The number of nitrogens with one attached hydrogen (secondary N) is 1. The van der Waals surface area contributed by atoms with Crippen LogP contribution in [0.4, 0.5) is 5.69 Å². The van der Waals surface area contributed by atoms with Gasteiger partial charge in [-0.1, -0.05) is 12.1 Å². The summed E-state index contributed by atoms with van der Waals surface area (Å²) in [7, 11) is 1.64. The van der Waals surface area contributed by atoms with E-state index in [4.69, 9.17) is 4.74 Å². The minimum Gasteiger partial charge on any atom is -0.495 e. The molecule has 2 heterocycles. The number of ether oxygens (including phenoxy) is 1. The number of para-hydroxylation sites is 2. The van der Waals surface area contributed by atoms with Crippen molar-refractivity contribution in [1.29, 1.82) is 0 Å². The molecular weight excluding hydrogens is 322 g/mol. The second kappa shape index (κ2) is 7.32. The van der Waals surface area contributed by atoms with E-state index >= 15 is 0 Å². The lowest BCUT2D eigenvalue weighted by Crippen LogP contribution is -2.51. The van der Waals surface area contributed by atoms with Gasteiger partial charge in [0.25, 0.3) is 0 Å². The van der Waals surface area contributed by atoms with Crippen molar-refractivity contribution < 1.29 is 9.53 Å². The highest BCUT2D eigenvalue weighted by atomic mass is 32.1. The molecule has 5 nitrogen and oxygen atoms in total. The smallest absolute Gasteiger partial charge is 0.244 e. The Morgan fingerprint density at radius 2 is 2.21 bits per heavy atom. The predicted molar refractivity (Wildman–Crippen MR) is 96.8 cm³/mol. The molecule has 6 heteroatoms. The third kappa shape index (κ3) is 3.44. The number of aryl methyl sites for hydroxylation is 1. The molecule has 1 aromatic carbocycles. The fourth-order valence-electron chi connectivity index (χ4n) is 3.08. The molecule has 128 valence electrons. The van der Waals surface area contributed by atoms with Gasteiger partial charge in [-0.25, -0.2) is 4.98 Å². The van der Waals surface area contributed by atoms with Crippen molar-refractivity contribution in [3.8, 4) is 5.75 Å². The Balaban J connectivity index is 1.75. The molecule has 0 unspecified atom stereocenters. The molecule has 0 aliphatic carbocycles. The molecule has 1 saturated heterocycles. The first-order chi connectivity index (χ1) is 11.6. The first-order valence-corrected chi connectivity index (χ1v) is 9.04. The Labute approximate surface area is 146 Å². The summed E-state index contributed by atoms with van der Waals surface area (Å²) >= 11 is 1.67. The highest BCUT2D eigenvalue weighted by molar-refractivity contribution is 7.11. The first-order valence-electron chi connectivity index (χ1n) is 8.23. The maximum Gasteiger partial charge on any atom is 0.244 e. The average molecular weight is 345 g/mol. The molecular formula is C18H23N3O2S. The van der Waals surface area contributed by atoms with Gasteiger partial charge in [0.1, 0.15) is 5.75 Å². The van der Waals surface area contributed by atoms with Crippen LogP contribution in [0.25, 0.3) is 0 Å². The van der Waals surface area contributed by atoms with Crippen LogP contribution in [0.5, 0.6) is 5.75 Å². The number of rotatable bonds is 5. The molecule has 1 amide bonds. The molecule has 24 heavy (non-hydrogen) atoms. The minimum absolute atomic E-state index is 0.110. The van der Waals surface area contributed by atoms with Gasteiger partial charge in [-0.2, -0.15) is 0 Å². The number of piperidine rings is 1. The Kier molecular flexibility index (Phi) is 5.16. The zero-order chi connectivity index (χ0) is 17.1. The number of hydrogen-bond acceptors (Lipinski definition) is 5. The lowest BCUT2D eigenvalue weighted by molar-refractivity contribution is -0.122. The van der Waals surface area contributed by atoms with Gasteiger partial charge in [0.2, 0.25) is 5.91 Å². The molecule has 1 N–H and O–H groups in total. The van der Waals surface area contributed by atoms with E-state index in [2.05, 4.69) is 17.2 Å². The fourth-order valence-corrected chi connectivity index (χ4v) is 3.88.